The highest BCUT2D eigenvalue weighted by Crippen LogP contribution is 2.00. The maximum absolute atomic E-state index is 11.7. The van der Waals surface area contributed by atoms with Gasteiger partial charge < -0.3 is 10.0 Å². The number of H-pyrrole nitrogens is 1. The van der Waals surface area contributed by atoms with Crippen LogP contribution in [-0.4, -0.2) is 26.7 Å². The van der Waals surface area contributed by atoms with Gasteiger partial charge in [0, 0.05) is 11.8 Å². The number of aryl methyl sites for hydroxylation is 1. The van der Waals surface area contributed by atoms with Crippen molar-refractivity contribution in [3.63, 3.8) is 0 Å². The third kappa shape index (κ3) is 3.07. The minimum Gasteiger partial charge on any atom is -0.423 e. The third-order valence-electron chi connectivity index (χ3n) is 3.07. The Labute approximate surface area is 115 Å². The van der Waals surface area contributed by atoms with E-state index in [1.165, 1.54) is 10.8 Å². The van der Waals surface area contributed by atoms with E-state index in [9.17, 15) is 9.59 Å². The molecule has 0 unspecified atom stereocenters. The van der Waals surface area contributed by atoms with E-state index in [0.717, 1.165) is 5.56 Å². The monoisotopic (exact) mass is 274 g/mol. The number of rotatable bonds is 4. The van der Waals surface area contributed by atoms with Gasteiger partial charge in [-0.25, -0.2) is 4.79 Å². The lowest BCUT2D eigenvalue weighted by molar-refractivity contribution is 0.425. The molecule has 104 valence electrons. The molecule has 0 radical (unpaired) electrons. The molecule has 2 rings (SSSR count). The lowest BCUT2D eigenvalue weighted by Gasteiger charge is -2.08. The molecule has 1 aromatic carbocycles. The van der Waals surface area contributed by atoms with Gasteiger partial charge in [-0.2, -0.15) is 0 Å². The summed E-state index contributed by atoms with van der Waals surface area (Å²) in [6.07, 6.45) is 2.06. The maximum atomic E-state index is 11.7. The summed E-state index contributed by atoms with van der Waals surface area (Å²) >= 11 is 0. The van der Waals surface area contributed by atoms with Gasteiger partial charge in [0.25, 0.3) is 5.56 Å². The zero-order chi connectivity index (χ0) is 14.7. The van der Waals surface area contributed by atoms with Crippen molar-refractivity contribution in [1.29, 1.82) is 0 Å². The van der Waals surface area contributed by atoms with Crippen LogP contribution >= 0.6 is 0 Å². The molecule has 2 aromatic rings. The predicted molar refractivity (Wildman–Crippen MR) is 76.1 cm³/mol. The molecule has 0 fully saturated rings. The Hall–Kier alpha value is -2.12. The fourth-order valence-corrected chi connectivity index (χ4v) is 1.97. The van der Waals surface area contributed by atoms with Gasteiger partial charge in [-0.05, 0) is 17.4 Å². The highest BCUT2D eigenvalue weighted by Gasteiger charge is 2.11. The molecule has 0 saturated heterocycles. The van der Waals surface area contributed by atoms with Crippen LogP contribution in [0.1, 0.15) is 18.1 Å². The molecule has 0 bridgehead atoms. The van der Waals surface area contributed by atoms with E-state index in [2.05, 4.69) is 4.98 Å². The Balaban J connectivity index is 2.37. The Morgan fingerprint density at radius 1 is 1.30 bits per heavy atom. The quantitative estimate of drug-likeness (QED) is 0.612. The van der Waals surface area contributed by atoms with E-state index in [0.29, 0.717) is 17.4 Å². The van der Waals surface area contributed by atoms with Crippen molar-refractivity contribution in [3.8, 4) is 0 Å². The van der Waals surface area contributed by atoms with Gasteiger partial charge in [0.15, 0.2) is 0 Å². The van der Waals surface area contributed by atoms with Crippen LogP contribution in [0.15, 0.2) is 40.1 Å². The summed E-state index contributed by atoms with van der Waals surface area (Å²) in [7, 11) is -1.55. The van der Waals surface area contributed by atoms with Gasteiger partial charge in [0.2, 0.25) is 0 Å². The van der Waals surface area contributed by atoms with Crippen molar-refractivity contribution >= 4 is 12.6 Å². The van der Waals surface area contributed by atoms with Crippen molar-refractivity contribution < 1.29 is 10.0 Å². The lowest BCUT2D eigenvalue weighted by Crippen LogP contribution is -2.33. The van der Waals surface area contributed by atoms with Crippen LogP contribution in [-0.2, 0) is 13.0 Å². The summed E-state index contributed by atoms with van der Waals surface area (Å²) in [5.41, 5.74) is 0.779. The lowest BCUT2D eigenvalue weighted by atomic mass is 9.79. The number of benzene rings is 1. The van der Waals surface area contributed by atoms with Crippen molar-refractivity contribution in [2.75, 3.05) is 0 Å². The standard InChI is InChI=1S/C13H15BN2O4/c1-2-10-8-16(13(18)15-12(10)17)7-9-4-3-5-11(6-9)14(19)20/h3-6,8,19-20H,2,7H2,1H3,(H,15,17,18). The molecule has 0 aliphatic heterocycles. The van der Waals surface area contributed by atoms with E-state index in [1.54, 1.807) is 24.3 Å². The fourth-order valence-electron chi connectivity index (χ4n) is 1.97. The van der Waals surface area contributed by atoms with Gasteiger partial charge in [0.05, 0.1) is 6.54 Å². The molecule has 3 N–H and O–H groups in total. The van der Waals surface area contributed by atoms with Gasteiger partial charge in [-0.15, -0.1) is 0 Å². The Morgan fingerprint density at radius 3 is 2.70 bits per heavy atom. The van der Waals surface area contributed by atoms with Crippen molar-refractivity contribution in [2.45, 2.75) is 19.9 Å². The summed E-state index contributed by atoms with van der Waals surface area (Å²) in [5.74, 6) is 0. The third-order valence-corrected chi connectivity index (χ3v) is 3.07. The Morgan fingerprint density at radius 2 is 2.05 bits per heavy atom. The second kappa shape index (κ2) is 5.89. The molecule has 6 nitrogen and oxygen atoms in total. The zero-order valence-corrected chi connectivity index (χ0v) is 11.0. The summed E-state index contributed by atoms with van der Waals surface area (Å²) in [4.78, 5) is 25.5. The van der Waals surface area contributed by atoms with E-state index >= 15 is 0 Å². The van der Waals surface area contributed by atoms with E-state index < -0.39 is 12.8 Å². The molecule has 0 spiro atoms. The molecule has 20 heavy (non-hydrogen) atoms. The first kappa shape index (κ1) is 14.3. The first-order valence-corrected chi connectivity index (χ1v) is 6.29. The van der Waals surface area contributed by atoms with Crippen LogP contribution in [0.4, 0.5) is 0 Å². The highest BCUT2D eigenvalue weighted by molar-refractivity contribution is 6.58. The fraction of sp³-hybridized carbons (Fsp3) is 0.231. The number of nitrogens with one attached hydrogen (secondary N) is 1. The molecule has 1 aromatic heterocycles. The molecule has 1 heterocycles. The van der Waals surface area contributed by atoms with Crippen LogP contribution < -0.4 is 16.7 Å². The predicted octanol–water partition coefficient (Wildman–Crippen LogP) is -1.17. The number of hydrogen-bond donors (Lipinski definition) is 3. The molecule has 0 aliphatic carbocycles. The molecule has 7 heteroatoms. The molecule has 0 saturated carbocycles. The molecular weight excluding hydrogens is 259 g/mol. The summed E-state index contributed by atoms with van der Waals surface area (Å²) < 4.78 is 1.39. The smallest absolute Gasteiger partial charge is 0.423 e. The first-order chi connectivity index (χ1) is 9.51. The summed E-state index contributed by atoms with van der Waals surface area (Å²) in [5, 5.41) is 18.3. The average molecular weight is 274 g/mol. The highest BCUT2D eigenvalue weighted by atomic mass is 16.4. The van der Waals surface area contributed by atoms with Crippen LogP contribution in [0.25, 0.3) is 0 Å². The van der Waals surface area contributed by atoms with Crippen LogP contribution in [0.3, 0.4) is 0 Å². The normalized spacial score (nSPS) is 10.6. The summed E-state index contributed by atoms with van der Waals surface area (Å²) in [6.45, 7) is 2.09. The Kier molecular flexibility index (Phi) is 4.21. The van der Waals surface area contributed by atoms with Gasteiger partial charge >= 0.3 is 12.8 Å². The maximum Gasteiger partial charge on any atom is 0.488 e. The number of aromatic amines is 1. The van der Waals surface area contributed by atoms with Crippen LogP contribution in [0.5, 0.6) is 0 Å². The minimum atomic E-state index is -1.55. The van der Waals surface area contributed by atoms with E-state index in [-0.39, 0.29) is 12.1 Å². The van der Waals surface area contributed by atoms with E-state index in [1.807, 2.05) is 6.92 Å². The topological polar surface area (TPSA) is 95.3 Å². The second-order valence-electron chi connectivity index (χ2n) is 4.51. The SMILES string of the molecule is CCc1cn(Cc2cccc(B(O)O)c2)c(=O)[nH]c1=O. The first-order valence-electron chi connectivity index (χ1n) is 6.29. The largest absolute Gasteiger partial charge is 0.488 e. The number of nitrogens with zero attached hydrogens (tertiary/aromatic N) is 1. The molecular formula is C13H15BN2O4. The molecule has 0 aliphatic rings. The molecule has 0 amide bonds. The van der Waals surface area contributed by atoms with Crippen LogP contribution in [0, 0.1) is 0 Å². The Bertz CT molecular complexity index is 721. The average Bonchev–Trinajstić information content (AvgIpc) is 2.42. The number of aromatic nitrogens is 2. The van der Waals surface area contributed by atoms with Gasteiger partial charge in [-0.3, -0.25) is 14.3 Å². The minimum absolute atomic E-state index is 0.253. The van der Waals surface area contributed by atoms with Gasteiger partial charge in [0.1, 0.15) is 0 Å². The number of hydrogen-bond acceptors (Lipinski definition) is 4. The van der Waals surface area contributed by atoms with Crippen molar-refractivity contribution in [1.82, 2.24) is 9.55 Å². The zero-order valence-electron chi connectivity index (χ0n) is 11.0. The molecule has 0 atom stereocenters. The van der Waals surface area contributed by atoms with Crippen molar-refractivity contribution in [2.24, 2.45) is 0 Å². The second-order valence-corrected chi connectivity index (χ2v) is 4.51. The van der Waals surface area contributed by atoms with Crippen LogP contribution in [0.2, 0.25) is 0 Å². The van der Waals surface area contributed by atoms with Crippen molar-refractivity contribution in [3.05, 3.63) is 62.4 Å². The summed E-state index contributed by atoms with van der Waals surface area (Å²) in [6, 6.07) is 6.64. The van der Waals surface area contributed by atoms with Gasteiger partial charge in [-0.1, -0.05) is 31.2 Å². The van der Waals surface area contributed by atoms with E-state index in [4.69, 9.17) is 10.0 Å².